The van der Waals surface area contributed by atoms with Gasteiger partial charge in [-0.05, 0) is 43.2 Å². The van der Waals surface area contributed by atoms with Gasteiger partial charge in [0.25, 0.3) is 0 Å². The van der Waals surface area contributed by atoms with Crippen LogP contribution >= 0.6 is 0 Å². The molecule has 7 nitrogen and oxygen atoms in total. The van der Waals surface area contributed by atoms with E-state index in [4.69, 9.17) is 9.72 Å². The number of halogens is 1. The summed E-state index contributed by atoms with van der Waals surface area (Å²) in [6, 6.07) is 12.6. The molecule has 0 radical (unpaired) electrons. The van der Waals surface area contributed by atoms with Crippen molar-refractivity contribution in [2.75, 3.05) is 45.2 Å². The molecule has 0 saturated carbocycles. The largest absolute Gasteiger partial charge is 0.494 e. The number of anilines is 1. The van der Waals surface area contributed by atoms with Gasteiger partial charge in [0.05, 0.1) is 24.2 Å². The third kappa shape index (κ3) is 4.70. The van der Waals surface area contributed by atoms with E-state index in [1.165, 1.54) is 13.2 Å². The van der Waals surface area contributed by atoms with E-state index in [1.54, 1.807) is 24.1 Å². The Morgan fingerprint density at radius 1 is 1.22 bits per heavy atom. The number of H-pyrrole nitrogens is 1. The molecule has 1 N–H and O–H groups in total. The van der Waals surface area contributed by atoms with Crippen LogP contribution < -0.4 is 9.64 Å². The standard InChI is InChI=1S/C24H30FN5O2/c1-17(23(31)28(2)16-18-9-10-22(32-3)19(25)15-18)29-11-6-12-30(14-13-29)24-26-20-7-4-5-8-21(20)27-24/h4-5,7-10,15,17H,6,11-14,16H2,1-3H3,(H,26,27). The van der Waals surface area contributed by atoms with E-state index in [0.29, 0.717) is 6.54 Å². The van der Waals surface area contributed by atoms with Crippen molar-refractivity contribution < 1.29 is 13.9 Å². The van der Waals surface area contributed by atoms with Crippen molar-refractivity contribution >= 4 is 22.9 Å². The van der Waals surface area contributed by atoms with Gasteiger partial charge >= 0.3 is 0 Å². The molecular weight excluding hydrogens is 409 g/mol. The first kappa shape index (κ1) is 22.1. The van der Waals surface area contributed by atoms with E-state index < -0.39 is 5.82 Å². The van der Waals surface area contributed by atoms with Gasteiger partial charge in [0.15, 0.2) is 11.6 Å². The summed E-state index contributed by atoms with van der Waals surface area (Å²) in [5.74, 6) is 0.691. The van der Waals surface area contributed by atoms with E-state index in [1.807, 2.05) is 31.2 Å². The molecule has 170 valence electrons. The van der Waals surface area contributed by atoms with Gasteiger partial charge in [-0.3, -0.25) is 9.69 Å². The van der Waals surface area contributed by atoms with Crippen molar-refractivity contribution in [2.45, 2.75) is 25.9 Å². The highest BCUT2D eigenvalue weighted by molar-refractivity contribution is 5.81. The quantitative estimate of drug-likeness (QED) is 0.639. The zero-order chi connectivity index (χ0) is 22.7. The maximum Gasteiger partial charge on any atom is 0.239 e. The first-order chi connectivity index (χ1) is 15.5. The maximum atomic E-state index is 14.0. The summed E-state index contributed by atoms with van der Waals surface area (Å²) in [6.45, 7) is 5.60. The number of nitrogens with one attached hydrogen (secondary N) is 1. The summed E-state index contributed by atoms with van der Waals surface area (Å²) in [5.41, 5.74) is 2.73. The first-order valence-corrected chi connectivity index (χ1v) is 11.0. The summed E-state index contributed by atoms with van der Waals surface area (Å²) in [5, 5.41) is 0. The highest BCUT2D eigenvalue weighted by Gasteiger charge is 2.27. The van der Waals surface area contributed by atoms with Crippen molar-refractivity contribution in [3.05, 3.63) is 53.8 Å². The number of fused-ring (bicyclic) bond motifs is 1. The van der Waals surface area contributed by atoms with Crippen molar-refractivity contribution in [3.63, 3.8) is 0 Å². The third-order valence-electron chi connectivity index (χ3n) is 6.12. The average Bonchev–Trinajstić information content (AvgIpc) is 3.07. The predicted octanol–water partition coefficient (Wildman–Crippen LogP) is 3.27. The highest BCUT2D eigenvalue weighted by Crippen LogP contribution is 2.21. The monoisotopic (exact) mass is 439 g/mol. The molecule has 1 aromatic heterocycles. The van der Waals surface area contributed by atoms with Crippen LogP contribution in [0.4, 0.5) is 10.3 Å². The first-order valence-electron chi connectivity index (χ1n) is 11.0. The Hall–Kier alpha value is -3.13. The molecule has 0 spiro atoms. The summed E-state index contributed by atoms with van der Waals surface area (Å²) < 4.78 is 19.0. The van der Waals surface area contributed by atoms with Crippen LogP contribution in [0.25, 0.3) is 11.0 Å². The van der Waals surface area contributed by atoms with Gasteiger partial charge < -0.3 is 19.5 Å². The molecular formula is C24H30FN5O2. The number of benzene rings is 2. The van der Waals surface area contributed by atoms with Crippen LogP contribution in [0.15, 0.2) is 42.5 Å². The van der Waals surface area contributed by atoms with Crippen LogP contribution in [-0.4, -0.2) is 72.1 Å². The zero-order valence-corrected chi connectivity index (χ0v) is 18.8. The Morgan fingerprint density at radius 2 is 2.03 bits per heavy atom. The molecule has 0 bridgehead atoms. The molecule has 0 aliphatic carbocycles. The molecule has 1 atom stereocenters. The fourth-order valence-electron chi connectivity index (χ4n) is 4.26. The number of hydrogen-bond acceptors (Lipinski definition) is 5. The zero-order valence-electron chi connectivity index (χ0n) is 18.8. The van der Waals surface area contributed by atoms with Crippen LogP contribution in [0.3, 0.4) is 0 Å². The minimum absolute atomic E-state index is 0.0263. The Kier molecular flexibility index (Phi) is 6.60. The number of likely N-dealkylation sites (N-methyl/N-ethyl adjacent to an activating group) is 1. The molecule has 1 amide bonds. The number of para-hydroxylation sites is 2. The molecule has 4 rings (SSSR count). The van der Waals surface area contributed by atoms with Crippen LogP contribution in [0.2, 0.25) is 0 Å². The van der Waals surface area contributed by atoms with Gasteiger partial charge in [-0.1, -0.05) is 18.2 Å². The number of aromatic nitrogens is 2. The number of imidazole rings is 1. The molecule has 2 aromatic carbocycles. The van der Waals surface area contributed by atoms with Gasteiger partial charge in [-0.2, -0.15) is 0 Å². The second-order valence-corrected chi connectivity index (χ2v) is 8.29. The Labute approximate surface area is 187 Å². The number of nitrogens with zero attached hydrogens (tertiary/aromatic N) is 4. The molecule has 1 aliphatic heterocycles. The summed E-state index contributed by atoms with van der Waals surface area (Å²) in [7, 11) is 3.20. The van der Waals surface area contributed by atoms with Crippen molar-refractivity contribution in [1.82, 2.24) is 19.8 Å². The lowest BCUT2D eigenvalue weighted by molar-refractivity contribution is -0.135. The number of aromatic amines is 1. The van der Waals surface area contributed by atoms with Crippen molar-refractivity contribution in [2.24, 2.45) is 0 Å². The van der Waals surface area contributed by atoms with Gasteiger partial charge in [-0.25, -0.2) is 9.37 Å². The smallest absolute Gasteiger partial charge is 0.239 e. The third-order valence-corrected chi connectivity index (χ3v) is 6.12. The van der Waals surface area contributed by atoms with Gasteiger partial charge in [0, 0.05) is 39.8 Å². The second-order valence-electron chi connectivity index (χ2n) is 8.29. The van der Waals surface area contributed by atoms with Gasteiger partial charge in [0.1, 0.15) is 0 Å². The van der Waals surface area contributed by atoms with Crippen LogP contribution in [0.1, 0.15) is 18.9 Å². The van der Waals surface area contributed by atoms with Crippen LogP contribution in [0, 0.1) is 5.82 Å². The van der Waals surface area contributed by atoms with Gasteiger partial charge in [0.2, 0.25) is 11.9 Å². The molecule has 1 fully saturated rings. The predicted molar refractivity (Wildman–Crippen MR) is 123 cm³/mol. The average molecular weight is 440 g/mol. The lowest BCUT2D eigenvalue weighted by Crippen LogP contribution is -2.47. The van der Waals surface area contributed by atoms with Crippen molar-refractivity contribution in [3.8, 4) is 5.75 Å². The van der Waals surface area contributed by atoms with E-state index in [0.717, 1.165) is 55.1 Å². The maximum absolute atomic E-state index is 14.0. The fraction of sp³-hybridized carbons (Fsp3) is 0.417. The number of ether oxygens (including phenoxy) is 1. The SMILES string of the molecule is COc1ccc(CN(C)C(=O)C(C)N2CCCN(c3nc4ccccc4[nH]3)CC2)cc1F. The molecule has 3 aromatic rings. The number of amides is 1. The Bertz CT molecular complexity index is 1050. The van der Waals surface area contributed by atoms with Gasteiger partial charge in [-0.15, -0.1) is 0 Å². The second kappa shape index (κ2) is 9.56. The Balaban J connectivity index is 1.36. The summed E-state index contributed by atoms with van der Waals surface area (Å²) in [6.07, 6.45) is 0.946. The molecule has 1 unspecified atom stereocenters. The summed E-state index contributed by atoms with van der Waals surface area (Å²) in [4.78, 5) is 27.3. The van der Waals surface area contributed by atoms with E-state index in [9.17, 15) is 9.18 Å². The Morgan fingerprint density at radius 3 is 2.78 bits per heavy atom. The lowest BCUT2D eigenvalue weighted by Gasteiger charge is -2.30. The van der Waals surface area contributed by atoms with Crippen LogP contribution in [-0.2, 0) is 11.3 Å². The van der Waals surface area contributed by atoms with E-state index in [2.05, 4.69) is 14.8 Å². The minimum Gasteiger partial charge on any atom is -0.494 e. The van der Waals surface area contributed by atoms with Crippen molar-refractivity contribution in [1.29, 1.82) is 0 Å². The normalized spacial score (nSPS) is 16.1. The number of carbonyl (C=O) groups excluding carboxylic acids is 1. The molecule has 2 heterocycles. The van der Waals surface area contributed by atoms with E-state index >= 15 is 0 Å². The number of rotatable bonds is 6. The number of carbonyl (C=O) groups is 1. The lowest BCUT2D eigenvalue weighted by atomic mass is 10.1. The fourth-order valence-corrected chi connectivity index (χ4v) is 4.26. The molecule has 1 aliphatic rings. The molecule has 1 saturated heterocycles. The topological polar surface area (TPSA) is 64.7 Å². The minimum atomic E-state index is -0.419. The van der Waals surface area contributed by atoms with E-state index in [-0.39, 0.29) is 17.7 Å². The number of hydrogen-bond donors (Lipinski definition) is 1. The summed E-state index contributed by atoms with van der Waals surface area (Å²) >= 11 is 0. The molecule has 32 heavy (non-hydrogen) atoms. The highest BCUT2D eigenvalue weighted by atomic mass is 19.1. The molecule has 8 heteroatoms. The van der Waals surface area contributed by atoms with Crippen LogP contribution in [0.5, 0.6) is 5.75 Å². The number of methoxy groups -OCH3 is 1.